The quantitative estimate of drug-likeness (QED) is 0.842. The number of nitrogens with zero attached hydrogens (tertiary/aromatic N) is 2. The van der Waals surface area contributed by atoms with E-state index in [9.17, 15) is 4.79 Å². The molecule has 2 N–H and O–H groups in total. The molecule has 2 aromatic rings. The Labute approximate surface area is 119 Å². The summed E-state index contributed by atoms with van der Waals surface area (Å²) in [6, 6.07) is 7.96. The summed E-state index contributed by atoms with van der Waals surface area (Å²) in [5, 5.41) is 11.8. The minimum Gasteiger partial charge on any atom is -0.355 e. The molecule has 1 amide bonds. The van der Waals surface area contributed by atoms with Crippen LogP contribution in [0.2, 0.25) is 0 Å². The second-order valence-electron chi connectivity index (χ2n) is 4.78. The summed E-state index contributed by atoms with van der Waals surface area (Å²) in [5.41, 5.74) is 2.12. The summed E-state index contributed by atoms with van der Waals surface area (Å²) < 4.78 is 1.99. The van der Waals surface area contributed by atoms with E-state index >= 15 is 0 Å². The SMILES string of the molecule is CCNC(=O)C(C)NCc1nn(CC)c2ccccc12. The lowest BCUT2D eigenvalue weighted by Crippen LogP contribution is -2.41. The van der Waals surface area contributed by atoms with E-state index in [0.29, 0.717) is 13.1 Å². The van der Waals surface area contributed by atoms with Crippen molar-refractivity contribution in [3.63, 3.8) is 0 Å². The predicted molar refractivity (Wildman–Crippen MR) is 80.4 cm³/mol. The minimum atomic E-state index is -0.222. The highest BCUT2D eigenvalue weighted by Gasteiger charge is 2.13. The van der Waals surface area contributed by atoms with Crippen molar-refractivity contribution in [3.05, 3.63) is 30.0 Å². The molecule has 1 atom stereocenters. The molecule has 108 valence electrons. The average Bonchev–Trinajstić information content (AvgIpc) is 2.83. The lowest BCUT2D eigenvalue weighted by Gasteiger charge is -2.12. The summed E-state index contributed by atoms with van der Waals surface area (Å²) in [6.07, 6.45) is 0. The third-order valence-electron chi connectivity index (χ3n) is 3.35. The number of amides is 1. The normalized spacial score (nSPS) is 12.6. The molecule has 5 heteroatoms. The fraction of sp³-hybridized carbons (Fsp3) is 0.467. The lowest BCUT2D eigenvalue weighted by atomic mass is 10.2. The van der Waals surface area contributed by atoms with Crippen molar-refractivity contribution in [1.29, 1.82) is 0 Å². The number of likely N-dealkylation sites (N-methyl/N-ethyl adjacent to an activating group) is 1. The van der Waals surface area contributed by atoms with Crippen molar-refractivity contribution in [1.82, 2.24) is 20.4 Å². The second-order valence-corrected chi connectivity index (χ2v) is 4.78. The zero-order valence-corrected chi connectivity index (χ0v) is 12.3. The lowest BCUT2D eigenvalue weighted by molar-refractivity contribution is -0.122. The van der Waals surface area contributed by atoms with Crippen molar-refractivity contribution in [3.8, 4) is 0 Å². The fourth-order valence-corrected chi connectivity index (χ4v) is 2.24. The Morgan fingerprint density at radius 3 is 2.80 bits per heavy atom. The minimum absolute atomic E-state index is 0.0201. The van der Waals surface area contributed by atoms with E-state index in [-0.39, 0.29) is 11.9 Å². The third-order valence-corrected chi connectivity index (χ3v) is 3.35. The van der Waals surface area contributed by atoms with Gasteiger partial charge in [0.05, 0.1) is 17.3 Å². The largest absolute Gasteiger partial charge is 0.355 e. The highest BCUT2D eigenvalue weighted by molar-refractivity contribution is 5.83. The van der Waals surface area contributed by atoms with Gasteiger partial charge in [-0.1, -0.05) is 18.2 Å². The summed E-state index contributed by atoms with van der Waals surface area (Å²) in [6.45, 7) is 7.94. The van der Waals surface area contributed by atoms with Crippen LogP contribution >= 0.6 is 0 Å². The van der Waals surface area contributed by atoms with Gasteiger partial charge in [0.1, 0.15) is 0 Å². The Balaban J connectivity index is 2.12. The highest BCUT2D eigenvalue weighted by Crippen LogP contribution is 2.18. The number of fused-ring (bicyclic) bond motifs is 1. The van der Waals surface area contributed by atoms with E-state index in [0.717, 1.165) is 23.1 Å². The van der Waals surface area contributed by atoms with Gasteiger partial charge in [-0.05, 0) is 26.8 Å². The molecule has 0 radical (unpaired) electrons. The first-order valence-electron chi connectivity index (χ1n) is 7.12. The topological polar surface area (TPSA) is 59.0 Å². The Bertz CT molecular complexity index is 591. The van der Waals surface area contributed by atoms with Crippen molar-refractivity contribution in [2.24, 2.45) is 0 Å². The number of hydrogen-bond acceptors (Lipinski definition) is 3. The maximum atomic E-state index is 11.7. The van der Waals surface area contributed by atoms with Crippen LogP contribution in [0.5, 0.6) is 0 Å². The van der Waals surface area contributed by atoms with Crippen LogP contribution in [0.4, 0.5) is 0 Å². The van der Waals surface area contributed by atoms with Gasteiger partial charge in [0.2, 0.25) is 5.91 Å². The number of hydrogen-bond donors (Lipinski definition) is 2. The number of benzene rings is 1. The molecule has 0 fully saturated rings. The molecule has 0 aliphatic heterocycles. The smallest absolute Gasteiger partial charge is 0.236 e. The first-order valence-corrected chi connectivity index (χ1v) is 7.12. The van der Waals surface area contributed by atoms with Gasteiger partial charge < -0.3 is 10.6 Å². The highest BCUT2D eigenvalue weighted by atomic mass is 16.2. The van der Waals surface area contributed by atoms with E-state index in [4.69, 9.17) is 0 Å². The Kier molecular flexibility index (Phi) is 4.74. The Morgan fingerprint density at radius 1 is 1.35 bits per heavy atom. The van der Waals surface area contributed by atoms with Gasteiger partial charge in [0, 0.05) is 25.0 Å². The van der Waals surface area contributed by atoms with E-state index in [1.165, 1.54) is 0 Å². The van der Waals surface area contributed by atoms with Crippen LogP contribution in [0, 0.1) is 0 Å². The molecule has 0 saturated carbocycles. The first-order chi connectivity index (χ1) is 9.67. The number of rotatable bonds is 6. The average molecular weight is 274 g/mol. The fourth-order valence-electron chi connectivity index (χ4n) is 2.24. The summed E-state index contributed by atoms with van der Waals surface area (Å²) in [7, 11) is 0. The number of aryl methyl sites for hydroxylation is 1. The zero-order valence-electron chi connectivity index (χ0n) is 12.3. The van der Waals surface area contributed by atoms with Crippen LogP contribution in [-0.4, -0.2) is 28.3 Å². The van der Waals surface area contributed by atoms with E-state index < -0.39 is 0 Å². The monoisotopic (exact) mass is 274 g/mol. The molecule has 5 nitrogen and oxygen atoms in total. The molecule has 1 aromatic carbocycles. The van der Waals surface area contributed by atoms with Crippen LogP contribution in [0.15, 0.2) is 24.3 Å². The van der Waals surface area contributed by atoms with Gasteiger partial charge in [-0.3, -0.25) is 9.48 Å². The molecular formula is C15H22N4O. The summed E-state index contributed by atoms with van der Waals surface area (Å²) in [4.78, 5) is 11.7. The number of nitrogens with one attached hydrogen (secondary N) is 2. The van der Waals surface area contributed by atoms with Crippen LogP contribution in [-0.2, 0) is 17.9 Å². The van der Waals surface area contributed by atoms with Crippen LogP contribution in [0.25, 0.3) is 10.9 Å². The van der Waals surface area contributed by atoms with Gasteiger partial charge in [-0.25, -0.2) is 0 Å². The molecule has 2 rings (SSSR count). The maximum Gasteiger partial charge on any atom is 0.236 e. The van der Waals surface area contributed by atoms with E-state index in [1.807, 2.05) is 30.7 Å². The molecule has 0 bridgehead atoms. The third kappa shape index (κ3) is 2.99. The van der Waals surface area contributed by atoms with E-state index in [2.05, 4.69) is 34.8 Å². The zero-order chi connectivity index (χ0) is 14.5. The van der Waals surface area contributed by atoms with Gasteiger partial charge in [0.25, 0.3) is 0 Å². The van der Waals surface area contributed by atoms with Crippen molar-refractivity contribution in [2.45, 2.75) is 39.9 Å². The first kappa shape index (κ1) is 14.5. The Morgan fingerprint density at radius 2 is 2.10 bits per heavy atom. The number of para-hydroxylation sites is 1. The molecule has 1 aromatic heterocycles. The molecule has 1 unspecified atom stereocenters. The van der Waals surface area contributed by atoms with Crippen molar-refractivity contribution >= 4 is 16.8 Å². The number of carbonyl (C=O) groups excluding carboxylic acids is 1. The second kappa shape index (κ2) is 6.52. The van der Waals surface area contributed by atoms with Crippen molar-refractivity contribution < 1.29 is 4.79 Å². The number of carbonyl (C=O) groups is 1. The number of aromatic nitrogens is 2. The van der Waals surface area contributed by atoms with Crippen molar-refractivity contribution in [2.75, 3.05) is 6.54 Å². The molecule has 0 aliphatic carbocycles. The van der Waals surface area contributed by atoms with Gasteiger partial charge in [-0.15, -0.1) is 0 Å². The van der Waals surface area contributed by atoms with Crippen LogP contribution < -0.4 is 10.6 Å². The Hall–Kier alpha value is -1.88. The standard InChI is InChI=1S/C15H22N4O/c1-4-16-15(20)11(3)17-10-13-12-8-6-7-9-14(12)19(5-2)18-13/h6-9,11,17H,4-5,10H2,1-3H3,(H,16,20). The molecule has 0 spiro atoms. The van der Waals surface area contributed by atoms with Crippen LogP contribution in [0.3, 0.4) is 0 Å². The predicted octanol–water partition coefficient (Wildman–Crippen LogP) is 1.67. The van der Waals surface area contributed by atoms with Gasteiger partial charge in [0.15, 0.2) is 0 Å². The molecular weight excluding hydrogens is 252 g/mol. The summed E-state index contributed by atoms with van der Waals surface area (Å²) in [5.74, 6) is 0.0201. The molecule has 0 saturated heterocycles. The van der Waals surface area contributed by atoms with Crippen LogP contribution in [0.1, 0.15) is 26.5 Å². The van der Waals surface area contributed by atoms with Gasteiger partial charge in [-0.2, -0.15) is 5.10 Å². The maximum absolute atomic E-state index is 11.7. The summed E-state index contributed by atoms with van der Waals surface area (Å²) >= 11 is 0. The molecule has 0 aliphatic rings. The molecule has 20 heavy (non-hydrogen) atoms. The van der Waals surface area contributed by atoms with Gasteiger partial charge >= 0.3 is 0 Å². The molecule has 1 heterocycles. The van der Waals surface area contributed by atoms with E-state index in [1.54, 1.807) is 0 Å².